The number of anilines is 1. The fourth-order valence-corrected chi connectivity index (χ4v) is 6.69. The smallest absolute Gasteiger partial charge is 0.383 e. The average molecular weight is 489 g/mol. The van der Waals surface area contributed by atoms with Crippen molar-refractivity contribution in [3.05, 3.63) is 41.5 Å². The van der Waals surface area contributed by atoms with Crippen LogP contribution >= 0.6 is 0 Å². The maximum absolute atomic E-state index is 13.4. The van der Waals surface area contributed by atoms with Crippen LogP contribution in [-0.4, -0.2) is 69.8 Å². The Morgan fingerprint density at radius 1 is 1.14 bits per heavy atom. The molecular formula is C25H28F4N6. The molecule has 2 N–H and O–H groups in total. The second-order valence-corrected chi connectivity index (χ2v) is 10.7. The van der Waals surface area contributed by atoms with Crippen LogP contribution in [0.2, 0.25) is 0 Å². The van der Waals surface area contributed by atoms with E-state index in [1.54, 1.807) is 0 Å². The molecule has 2 unspecified atom stereocenters. The lowest BCUT2D eigenvalue weighted by atomic mass is 10.1. The third-order valence-corrected chi connectivity index (χ3v) is 8.76. The second kappa shape index (κ2) is 7.29. The van der Waals surface area contributed by atoms with Crippen LogP contribution in [0, 0.1) is 17.8 Å². The molecule has 1 saturated heterocycles. The van der Waals surface area contributed by atoms with Crippen molar-refractivity contribution in [1.29, 1.82) is 0 Å². The van der Waals surface area contributed by atoms with Gasteiger partial charge in [-0.05, 0) is 30.4 Å². The van der Waals surface area contributed by atoms with Crippen molar-refractivity contribution >= 4 is 5.82 Å². The molecule has 0 amide bonds. The van der Waals surface area contributed by atoms with Gasteiger partial charge in [0.05, 0.1) is 16.8 Å². The first-order chi connectivity index (χ1) is 16.8. The van der Waals surface area contributed by atoms with Gasteiger partial charge in [-0.1, -0.05) is 6.08 Å². The number of nitrogen functional groups attached to an aromatic ring is 1. The molecule has 10 heteroatoms. The molecule has 2 aromatic heterocycles. The predicted octanol–water partition coefficient (Wildman–Crippen LogP) is 3.35. The van der Waals surface area contributed by atoms with Crippen molar-refractivity contribution in [3.63, 3.8) is 0 Å². The SMILES string of the molecule is Nc1ncc(-c2cn([C@@]34C5=CC(N6CCN(CCF)CC6)C3[C@@H]54)c(CC3CC3)n2)cc1C(F)(F)F. The zero-order valence-corrected chi connectivity index (χ0v) is 19.3. The summed E-state index contributed by atoms with van der Waals surface area (Å²) in [6.45, 7) is 3.87. The normalized spacial score (nSPS) is 32.0. The lowest BCUT2D eigenvalue weighted by Crippen LogP contribution is -2.50. The van der Waals surface area contributed by atoms with Gasteiger partial charge in [0.1, 0.15) is 18.3 Å². The minimum atomic E-state index is -4.56. The molecule has 8 rings (SSSR count). The summed E-state index contributed by atoms with van der Waals surface area (Å²) in [5, 5.41) is 0. The molecular weight excluding hydrogens is 460 g/mol. The van der Waals surface area contributed by atoms with Gasteiger partial charge in [-0.2, -0.15) is 13.2 Å². The van der Waals surface area contributed by atoms with Crippen molar-refractivity contribution in [3.8, 4) is 11.3 Å². The van der Waals surface area contributed by atoms with Crippen molar-refractivity contribution in [2.24, 2.45) is 17.8 Å². The number of allylic oxidation sites excluding steroid dienone is 1. The summed E-state index contributed by atoms with van der Waals surface area (Å²) in [6, 6.07) is 1.45. The fourth-order valence-electron chi connectivity index (χ4n) is 6.69. The molecule has 186 valence electrons. The van der Waals surface area contributed by atoms with E-state index in [2.05, 4.69) is 25.4 Å². The van der Waals surface area contributed by atoms with Gasteiger partial charge in [-0.25, -0.2) is 14.4 Å². The summed E-state index contributed by atoms with van der Waals surface area (Å²) in [4.78, 5) is 13.4. The van der Waals surface area contributed by atoms with E-state index in [0.29, 0.717) is 41.6 Å². The van der Waals surface area contributed by atoms with Gasteiger partial charge in [-0.15, -0.1) is 0 Å². The predicted molar refractivity (Wildman–Crippen MR) is 122 cm³/mol. The molecule has 2 bridgehead atoms. The summed E-state index contributed by atoms with van der Waals surface area (Å²) >= 11 is 0. The van der Waals surface area contributed by atoms with E-state index in [-0.39, 0.29) is 12.2 Å². The lowest BCUT2D eigenvalue weighted by molar-refractivity contribution is -0.137. The largest absolute Gasteiger partial charge is 0.419 e. The van der Waals surface area contributed by atoms with Gasteiger partial charge in [0.15, 0.2) is 0 Å². The molecule has 0 spiro atoms. The van der Waals surface area contributed by atoms with E-state index in [1.165, 1.54) is 24.6 Å². The van der Waals surface area contributed by atoms with E-state index in [0.717, 1.165) is 44.5 Å². The minimum absolute atomic E-state index is 0.0374. The Balaban J connectivity index is 1.17. The molecule has 6 aliphatic rings. The molecule has 4 atom stereocenters. The summed E-state index contributed by atoms with van der Waals surface area (Å²) < 4.78 is 55.3. The first-order valence-corrected chi connectivity index (χ1v) is 12.5. The number of rotatable bonds is 7. The van der Waals surface area contributed by atoms with Gasteiger partial charge in [0, 0.05) is 75.0 Å². The number of pyridine rings is 1. The minimum Gasteiger partial charge on any atom is -0.383 e. The average Bonchev–Trinajstić information content (AvgIpc) is 3.75. The number of halogens is 4. The Bertz CT molecular complexity index is 1210. The highest BCUT2D eigenvalue weighted by molar-refractivity contribution is 5.68. The van der Waals surface area contributed by atoms with Crippen LogP contribution in [0.15, 0.2) is 30.1 Å². The fraction of sp³-hybridized carbons (Fsp3) is 0.600. The van der Waals surface area contributed by atoms with Crippen LogP contribution in [0.5, 0.6) is 0 Å². The monoisotopic (exact) mass is 488 g/mol. The van der Waals surface area contributed by atoms with Gasteiger partial charge < -0.3 is 10.3 Å². The van der Waals surface area contributed by atoms with Crippen LogP contribution in [0.4, 0.5) is 23.4 Å². The highest BCUT2D eigenvalue weighted by Crippen LogP contribution is 2.87. The Labute approximate surface area is 200 Å². The highest BCUT2D eigenvalue weighted by atomic mass is 19.4. The number of imidazole rings is 1. The van der Waals surface area contributed by atoms with E-state index < -0.39 is 17.6 Å². The van der Waals surface area contributed by atoms with Crippen molar-refractivity contribution in [2.45, 2.75) is 37.0 Å². The Morgan fingerprint density at radius 3 is 2.57 bits per heavy atom. The molecule has 2 aromatic rings. The standard InChI is InChI=1S/C25H28F4N6/c26-3-4-33-5-7-34(8-6-33)19-11-16-21-22(19)24(16,21)35-13-18(32-20(35)9-14-1-2-14)15-10-17(25(27,28)29)23(30)31-12-15/h10-14,19,21-22H,1-9H2,(H2,30,31)/t19?,21-,22?,24-/m1/s1. The maximum Gasteiger partial charge on any atom is 0.419 e. The van der Waals surface area contributed by atoms with Gasteiger partial charge in [0.2, 0.25) is 0 Å². The third-order valence-electron chi connectivity index (χ3n) is 8.76. The Hall–Kier alpha value is -2.46. The van der Waals surface area contributed by atoms with Gasteiger partial charge in [0.25, 0.3) is 0 Å². The van der Waals surface area contributed by atoms with E-state index in [1.807, 2.05) is 6.20 Å². The van der Waals surface area contributed by atoms with Gasteiger partial charge >= 0.3 is 6.18 Å². The summed E-state index contributed by atoms with van der Waals surface area (Å²) in [7, 11) is 0. The van der Waals surface area contributed by atoms with Crippen LogP contribution in [0.25, 0.3) is 11.3 Å². The molecule has 6 nitrogen and oxygen atoms in total. The van der Waals surface area contributed by atoms with E-state index >= 15 is 0 Å². The molecule has 0 aromatic carbocycles. The first-order valence-electron chi connectivity index (χ1n) is 12.5. The van der Waals surface area contributed by atoms with Crippen LogP contribution in [0.1, 0.15) is 24.2 Å². The summed E-state index contributed by atoms with van der Waals surface area (Å²) in [5.74, 6) is 2.08. The molecule has 35 heavy (non-hydrogen) atoms. The number of nitrogens with zero attached hydrogens (tertiary/aromatic N) is 5. The molecule has 4 fully saturated rings. The third kappa shape index (κ3) is 3.21. The van der Waals surface area contributed by atoms with E-state index in [9.17, 15) is 17.6 Å². The lowest BCUT2D eigenvalue weighted by Gasteiger charge is -2.37. The molecule has 1 aliphatic heterocycles. The van der Waals surface area contributed by atoms with Gasteiger partial charge in [-0.3, -0.25) is 9.80 Å². The second-order valence-electron chi connectivity index (χ2n) is 10.7. The van der Waals surface area contributed by atoms with Crippen LogP contribution in [0.3, 0.4) is 0 Å². The summed E-state index contributed by atoms with van der Waals surface area (Å²) in [5.41, 5.74) is 6.88. The topological polar surface area (TPSA) is 63.2 Å². The van der Waals surface area contributed by atoms with Crippen molar-refractivity contribution < 1.29 is 17.6 Å². The number of piperazine rings is 1. The Kier molecular flexibility index (Phi) is 4.54. The molecule has 3 heterocycles. The number of aromatic nitrogens is 3. The number of alkyl halides is 4. The zero-order valence-electron chi connectivity index (χ0n) is 19.3. The van der Waals surface area contributed by atoms with Crippen LogP contribution in [-0.2, 0) is 18.1 Å². The molecule has 5 aliphatic carbocycles. The van der Waals surface area contributed by atoms with Crippen molar-refractivity contribution in [2.75, 3.05) is 45.1 Å². The van der Waals surface area contributed by atoms with Crippen LogP contribution < -0.4 is 5.73 Å². The Morgan fingerprint density at radius 2 is 1.91 bits per heavy atom. The van der Waals surface area contributed by atoms with Crippen molar-refractivity contribution in [1.82, 2.24) is 24.3 Å². The number of hydrogen-bond donors (Lipinski definition) is 1. The molecule has 3 saturated carbocycles. The molecule has 0 radical (unpaired) electrons. The maximum atomic E-state index is 13.4. The van der Waals surface area contributed by atoms with E-state index in [4.69, 9.17) is 10.7 Å². The zero-order chi connectivity index (χ0) is 24.1. The first kappa shape index (κ1) is 21.8. The number of nitrogens with two attached hydrogens (primary N) is 1. The number of hydrogen-bond acceptors (Lipinski definition) is 5. The highest BCUT2D eigenvalue weighted by Gasteiger charge is 2.90. The quantitative estimate of drug-likeness (QED) is 0.479. The summed E-state index contributed by atoms with van der Waals surface area (Å²) in [6.07, 6.45) is 4.40. The number of fused-ring (bicyclic) bond motifs is 1.